The van der Waals surface area contributed by atoms with Gasteiger partial charge in [0.1, 0.15) is 5.75 Å². The minimum Gasteiger partial charge on any atom is -0.507 e. The molecule has 1 N–H and O–H groups in total. The van der Waals surface area contributed by atoms with Crippen LogP contribution in [0.3, 0.4) is 0 Å². The third-order valence-electron chi connectivity index (χ3n) is 7.61. The first kappa shape index (κ1) is 21.8. The number of benzene rings is 1. The van der Waals surface area contributed by atoms with E-state index in [4.69, 9.17) is 0 Å². The van der Waals surface area contributed by atoms with Gasteiger partial charge in [0.05, 0.1) is 11.9 Å². The summed E-state index contributed by atoms with van der Waals surface area (Å²) in [5, 5.41) is 23.1. The summed E-state index contributed by atoms with van der Waals surface area (Å²) in [6.07, 6.45) is 8.87. The molecule has 33 heavy (non-hydrogen) atoms. The van der Waals surface area contributed by atoms with E-state index in [2.05, 4.69) is 41.1 Å². The van der Waals surface area contributed by atoms with E-state index in [-0.39, 0.29) is 5.75 Å². The van der Waals surface area contributed by atoms with E-state index >= 15 is 0 Å². The van der Waals surface area contributed by atoms with Gasteiger partial charge in [0, 0.05) is 30.4 Å². The lowest BCUT2D eigenvalue weighted by atomic mass is 9.68. The Bertz CT molecular complexity index is 1150. The van der Waals surface area contributed by atoms with Crippen LogP contribution in [0.4, 0.5) is 14.6 Å². The SMILES string of the molecule is CN(c1ccc(-c2ccc(-c3cnn(C(F)F)c3)cc2O)nn1)[C@H]1C[C@]2(C)CC[C@](C)(C1)C2. The Hall–Kier alpha value is -3.03. The first-order valence-corrected chi connectivity index (χ1v) is 11.4. The van der Waals surface area contributed by atoms with E-state index < -0.39 is 6.55 Å². The van der Waals surface area contributed by atoms with Gasteiger partial charge in [-0.3, -0.25) is 0 Å². The molecule has 3 aromatic rings. The number of phenolic OH excluding ortho intramolecular Hbond substituents is 1. The molecule has 0 aliphatic heterocycles. The average molecular weight is 454 g/mol. The standard InChI is InChI=1S/C25H29F2N5O/c1-24-8-9-25(2,15-24)12-18(11-24)31(3)22-7-6-20(29-30-22)19-5-4-16(10-21(19)33)17-13-28-32(14-17)23(26)27/h4-7,10,13-14,18,23,33H,8-9,11-12,15H2,1-3H3/t18-,24-,25+. The van der Waals surface area contributed by atoms with Crippen LogP contribution in [0.15, 0.2) is 42.7 Å². The maximum Gasteiger partial charge on any atom is 0.333 e. The van der Waals surface area contributed by atoms with E-state index in [1.807, 2.05) is 12.1 Å². The van der Waals surface area contributed by atoms with Crippen LogP contribution in [0.5, 0.6) is 5.75 Å². The maximum absolute atomic E-state index is 12.8. The Balaban J connectivity index is 1.34. The van der Waals surface area contributed by atoms with Crippen molar-refractivity contribution < 1.29 is 13.9 Å². The number of alkyl halides is 2. The van der Waals surface area contributed by atoms with Gasteiger partial charge >= 0.3 is 6.55 Å². The monoisotopic (exact) mass is 453 g/mol. The zero-order chi connectivity index (χ0) is 23.4. The average Bonchev–Trinajstić information content (AvgIpc) is 3.35. The molecule has 2 saturated carbocycles. The number of rotatable bonds is 5. The molecule has 2 aliphatic carbocycles. The van der Waals surface area contributed by atoms with Crippen molar-refractivity contribution in [2.75, 3.05) is 11.9 Å². The van der Waals surface area contributed by atoms with Crippen molar-refractivity contribution in [2.45, 2.75) is 58.5 Å². The van der Waals surface area contributed by atoms with E-state index in [1.54, 1.807) is 12.1 Å². The molecule has 174 valence electrons. The molecule has 2 fully saturated rings. The predicted octanol–water partition coefficient (Wildman–Crippen LogP) is 5.90. The van der Waals surface area contributed by atoms with Gasteiger partial charge < -0.3 is 10.0 Å². The molecule has 2 bridgehead atoms. The van der Waals surface area contributed by atoms with E-state index in [1.165, 1.54) is 50.6 Å². The van der Waals surface area contributed by atoms with Gasteiger partial charge in [-0.15, -0.1) is 10.2 Å². The van der Waals surface area contributed by atoms with Crippen LogP contribution < -0.4 is 4.90 Å². The summed E-state index contributed by atoms with van der Waals surface area (Å²) >= 11 is 0. The van der Waals surface area contributed by atoms with Crippen LogP contribution in [0.25, 0.3) is 22.4 Å². The van der Waals surface area contributed by atoms with Gasteiger partial charge in [-0.1, -0.05) is 19.9 Å². The number of aromatic nitrogens is 4. The maximum atomic E-state index is 12.8. The molecule has 8 heteroatoms. The van der Waals surface area contributed by atoms with Crippen molar-refractivity contribution in [2.24, 2.45) is 10.8 Å². The van der Waals surface area contributed by atoms with Crippen molar-refractivity contribution in [3.8, 4) is 28.1 Å². The number of hydrogen-bond donors (Lipinski definition) is 1. The minimum atomic E-state index is -2.70. The fourth-order valence-corrected chi connectivity index (χ4v) is 6.01. The molecule has 6 nitrogen and oxygen atoms in total. The summed E-state index contributed by atoms with van der Waals surface area (Å²) in [5.41, 5.74) is 3.03. The molecule has 0 radical (unpaired) electrons. The molecule has 2 heterocycles. The predicted molar refractivity (Wildman–Crippen MR) is 123 cm³/mol. The number of nitrogens with zero attached hydrogens (tertiary/aromatic N) is 5. The lowest BCUT2D eigenvalue weighted by Gasteiger charge is -2.44. The highest BCUT2D eigenvalue weighted by atomic mass is 19.3. The normalized spacial score (nSPS) is 26.7. The van der Waals surface area contributed by atoms with Crippen LogP contribution in [0, 0.1) is 10.8 Å². The lowest BCUT2D eigenvalue weighted by Crippen LogP contribution is -2.42. The van der Waals surface area contributed by atoms with Crippen LogP contribution in [0.2, 0.25) is 0 Å². The van der Waals surface area contributed by atoms with Crippen molar-refractivity contribution in [3.63, 3.8) is 0 Å². The van der Waals surface area contributed by atoms with Crippen molar-refractivity contribution in [3.05, 3.63) is 42.7 Å². The quantitative estimate of drug-likeness (QED) is 0.521. The number of phenols is 1. The molecule has 0 saturated heterocycles. The molecule has 1 aromatic carbocycles. The van der Waals surface area contributed by atoms with Crippen LogP contribution in [-0.2, 0) is 0 Å². The van der Waals surface area contributed by atoms with Gasteiger partial charge in [0.2, 0.25) is 0 Å². The highest BCUT2D eigenvalue weighted by molar-refractivity contribution is 5.74. The van der Waals surface area contributed by atoms with Gasteiger partial charge in [-0.25, -0.2) is 4.68 Å². The van der Waals surface area contributed by atoms with E-state index in [0.29, 0.717) is 43.9 Å². The summed E-state index contributed by atoms with van der Waals surface area (Å²) in [6, 6.07) is 9.26. The van der Waals surface area contributed by atoms with Crippen molar-refractivity contribution in [1.29, 1.82) is 0 Å². The second-order valence-electron chi connectivity index (χ2n) is 10.5. The second-order valence-corrected chi connectivity index (χ2v) is 10.5. The summed E-state index contributed by atoms with van der Waals surface area (Å²) in [7, 11) is 2.09. The fraction of sp³-hybridized carbons (Fsp3) is 0.480. The van der Waals surface area contributed by atoms with Crippen LogP contribution in [-0.4, -0.2) is 38.2 Å². The zero-order valence-corrected chi connectivity index (χ0v) is 19.2. The largest absolute Gasteiger partial charge is 0.507 e. The Morgan fingerprint density at radius 1 is 1.06 bits per heavy atom. The first-order valence-electron chi connectivity index (χ1n) is 11.4. The Morgan fingerprint density at radius 3 is 2.36 bits per heavy atom. The molecule has 0 amide bonds. The zero-order valence-electron chi connectivity index (χ0n) is 19.2. The number of fused-ring (bicyclic) bond motifs is 2. The number of anilines is 1. The van der Waals surface area contributed by atoms with Gasteiger partial charge in [0.15, 0.2) is 5.82 Å². The minimum absolute atomic E-state index is 0.0115. The Morgan fingerprint density at radius 2 is 1.79 bits per heavy atom. The third kappa shape index (κ3) is 4.07. The molecule has 3 atom stereocenters. The Labute approximate surface area is 192 Å². The number of halogens is 2. The molecule has 5 rings (SSSR count). The van der Waals surface area contributed by atoms with Crippen LogP contribution in [0.1, 0.15) is 52.5 Å². The summed E-state index contributed by atoms with van der Waals surface area (Å²) < 4.78 is 26.1. The van der Waals surface area contributed by atoms with Gasteiger partial charge in [-0.05, 0) is 72.8 Å². The molecule has 2 aliphatic rings. The lowest BCUT2D eigenvalue weighted by molar-refractivity contribution is 0.0566. The summed E-state index contributed by atoms with van der Waals surface area (Å²) in [5.74, 6) is 0.838. The van der Waals surface area contributed by atoms with Crippen LogP contribution >= 0.6 is 0 Å². The van der Waals surface area contributed by atoms with E-state index in [9.17, 15) is 13.9 Å². The van der Waals surface area contributed by atoms with Gasteiger partial charge in [0.25, 0.3) is 0 Å². The highest BCUT2D eigenvalue weighted by Crippen LogP contribution is 2.58. The summed E-state index contributed by atoms with van der Waals surface area (Å²) in [6.45, 7) is 2.13. The first-order chi connectivity index (χ1) is 15.6. The van der Waals surface area contributed by atoms with Gasteiger partial charge in [-0.2, -0.15) is 13.9 Å². The molecule has 2 aromatic heterocycles. The van der Waals surface area contributed by atoms with Crippen molar-refractivity contribution in [1.82, 2.24) is 20.0 Å². The van der Waals surface area contributed by atoms with E-state index in [0.717, 1.165) is 5.82 Å². The number of aromatic hydroxyl groups is 1. The molecule has 0 spiro atoms. The molecular weight excluding hydrogens is 424 g/mol. The smallest absolute Gasteiger partial charge is 0.333 e. The topological polar surface area (TPSA) is 67.1 Å². The number of hydrogen-bond acceptors (Lipinski definition) is 5. The van der Waals surface area contributed by atoms with Crippen molar-refractivity contribution >= 4 is 5.82 Å². The molecule has 0 unspecified atom stereocenters. The summed E-state index contributed by atoms with van der Waals surface area (Å²) in [4.78, 5) is 2.25. The Kier molecular flexibility index (Phi) is 5.14. The highest BCUT2D eigenvalue weighted by Gasteiger charge is 2.50. The molecular formula is C25H29F2N5O. The third-order valence-corrected chi connectivity index (χ3v) is 7.61. The fourth-order valence-electron chi connectivity index (χ4n) is 6.01. The second kappa shape index (κ2) is 7.78.